The third-order valence-corrected chi connectivity index (χ3v) is 7.74. The van der Waals surface area contributed by atoms with Crippen molar-refractivity contribution in [1.82, 2.24) is 20.1 Å². The van der Waals surface area contributed by atoms with Gasteiger partial charge in [0.1, 0.15) is 16.3 Å². The predicted molar refractivity (Wildman–Crippen MR) is 148 cm³/mol. The van der Waals surface area contributed by atoms with Crippen LogP contribution in [0, 0.1) is 12.7 Å². The number of rotatable bonds is 6. The lowest BCUT2D eigenvalue weighted by Crippen LogP contribution is -2.41. The Bertz CT molecular complexity index is 1510. The van der Waals surface area contributed by atoms with Gasteiger partial charge >= 0.3 is 6.09 Å². The molecule has 1 saturated heterocycles. The van der Waals surface area contributed by atoms with Gasteiger partial charge in [0.05, 0.1) is 5.69 Å². The Morgan fingerprint density at radius 3 is 2.42 bits per heavy atom. The first-order chi connectivity index (χ1) is 18.8. The van der Waals surface area contributed by atoms with Crippen LogP contribution in [0.5, 0.6) is 0 Å². The smallest absolute Gasteiger partial charge is 0.410 e. The topological polar surface area (TPSA) is 118 Å². The van der Waals surface area contributed by atoms with Gasteiger partial charge in [0.25, 0.3) is 15.9 Å². The van der Waals surface area contributed by atoms with Crippen molar-refractivity contribution in [2.75, 3.05) is 13.1 Å². The molecule has 1 fully saturated rings. The highest BCUT2D eigenvalue weighted by molar-refractivity contribution is 7.89. The molecule has 0 bridgehead atoms. The number of hydrogen-bond acceptors (Lipinski definition) is 6. The maximum Gasteiger partial charge on any atom is 0.410 e. The van der Waals surface area contributed by atoms with E-state index in [1.54, 1.807) is 23.2 Å². The number of piperidine rings is 1. The zero-order chi connectivity index (χ0) is 29.1. The van der Waals surface area contributed by atoms with E-state index in [0.717, 1.165) is 36.1 Å². The number of pyridine rings is 1. The summed E-state index contributed by atoms with van der Waals surface area (Å²) < 4.78 is 44.3. The zero-order valence-electron chi connectivity index (χ0n) is 22.9. The number of carbonyl (C=O) groups is 2. The molecule has 9 nitrogen and oxygen atoms in total. The molecule has 11 heteroatoms. The fourth-order valence-corrected chi connectivity index (χ4v) is 5.47. The highest BCUT2D eigenvalue weighted by Gasteiger charge is 2.28. The van der Waals surface area contributed by atoms with Gasteiger partial charge < -0.3 is 9.64 Å². The van der Waals surface area contributed by atoms with Crippen molar-refractivity contribution >= 4 is 22.0 Å². The minimum Gasteiger partial charge on any atom is -0.444 e. The molecule has 2 amide bonds. The Kier molecular flexibility index (Phi) is 8.55. The normalized spacial score (nSPS) is 14.6. The summed E-state index contributed by atoms with van der Waals surface area (Å²) in [6, 6.07) is 13.9. The summed E-state index contributed by atoms with van der Waals surface area (Å²) >= 11 is 0. The molecule has 40 heavy (non-hydrogen) atoms. The van der Waals surface area contributed by atoms with Crippen LogP contribution in [-0.4, -0.2) is 49.0 Å². The summed E-state index contributed by atoms with van der Waals surface area (Å²) in [4.78, 5) is 32.9. The van der Waals surface area contributed by atoms with Gasteiger partial charge in [0, 0.05) is 30.4 Å². The van der Waals surface area contributed by atoms with Crippen molar-refractivity contribution < 1.29 is 27.1 Å². The zero-order valence-corrected chi connectivity index (χ0v) is 23.7. The number of amides is 2. The molecule has 0 aliphatic carbocycles. The summed E-state index contributed by atoms with van der Waals surface area (Å²) in [6.45, 7) is 8.55. The molecule has 0 unspecified atom stereocenters. The summed E-state index contributed by atoms with van der Waals surface area (Å²) in [6.07, 6.45) is 2.98. The van der Waals surface area contributed by atoms with Crippen LogP contribution in [-0.2, 0) is 14.8 Å². The molecule has 0 spiro atoms. The SMILES string of the molecule is Cc1cc(C(=O)NNS(=O)(=O)c2ccccc2F)cc(-c2cc(C3CCN(C(=O)OC(C)(C)C)CC3)ccn2)c1. The number of benzene rings is 2. The lowest BCUT2D eigenvalue weighted by molar-refractivity contribution is 0.0204. The molecule has 2 heterocycles. The molecule has 4 rings (SSSR count). The van der Waals surface area contributed by atoms with Crippen molar-refractivity contribution in [2.45, 2.75) is 57.0 Å². The second-order valence-electron chi connectivity index (χ2n) is 10.8. The number of hydrogen-bond donors (Lipinski definition) is 2. The first-order valence-corrected chi connectivity index (χ1v) is 14.4. The fraction of sp³-hybridized carbons (Fsp3) is 0.345. The molecule has 0 saturated carbocycles. The van der Waals surface area contributed by atoms with E-state index in [1.165, 1.54) is 12.1 Å². The number of likely N-dealkylation sites (tertiary alicyclic amines) is 1. The van der Waals surface area contributed by atoms with Gasteiger partial charge in [-0.3, -0.25) is 15.2 Å². The average Bonchev–Trinajstić information content (AvgIpc) is 2.91. The molecular weight excluding hydrogens is 535 g/mol. The van der Waals surface area contributed by atoms with Gasteiger partial charge in [-0.25, -0.2) is 17.6 Å². The van der Waals surface area contributed by atoms with E-state index in [2.05, 4.69) is 10.4 Å². The van der Waals surface area contributed by atoms with Crippen LogP contribution in [0.2, 0.25) is 0 Å². The predicted octanol–water partition coefficient (Wildman–Crippen LogP) is 4.93. The fourth-order valence-electron chi connectivity index (χ4n) is 4.55. The molecule has 2 N–H and O–H groups in total. The molecule has 0 radical (unpaired) electrons. The monoisotopic (exact) mass is 568 g/mol. The third kappa shape index (κ3) is 7.22. The summed E-state index contributed by atoms with van der Waals surface area (Å²) in [5.41, 5.74) is 5.04. The van der Waals surface area contributed by atoms with Crippen molar-refractivity contribution in [3.8, 4) is 11.3 Å². The number of ether oxygens (including phenoxy) is 1. The molecule has 0 atom stereocenters. The number of nitrogens with one attached hydrogen (secondary N) is 2. The third-order valence-electron chi connectivity index (χ3n) is 6.46. The van der Waals surface area contributed by atoms with E-state index >= 15 is 0 Å². The molecule has 3 aromatic rings. The first kappa shape index (κ1) is 29.2. The Morgan fingerprint density at radius 1 is 1.05 bits per heavy atom. The van der Waals surface area contributed by atoms with Crippen LogP contribution in [0.1, 0.15) is 61.0 Å². The minimum absolute atomic E-state index is 0.212. The van der Waals surface area contributed by atoms with Gasteiger partial charge in [-0.05, 0) is 100 Å². The highest BCUT2D eigenvalue weighted by Crippen LogP contribution is 2.31. The van der Waals surface area contributed by atoms with Crippen LogP contribution in [0.3, 0.4) is 0 Å². The van der Waals surface area contributed by atoms with Gasteiger partial charge in [0.2, 0.25) is 0 Å². The molecule has 1 aliphatic heterocycles. The van der Waals surface area contributed by atoms with Crippen LogP contribution < -0.4 is 10.3 Å². The van der Waals surface area contributed by atoms with Gasteiger partial charge in [0.15, 0.2) is 0 Å². The van der Waals surface area contributed by atoms with Crippen molar-refractivity contribution in [3.05, 3.63) is 83.3 Å². The number of halogens is 1. The number of nitrogens with zero attached hydrogens (tertiary/aromatic N) is 2. The Morgan fingerprint density at radius 2 is 1.75 bits per heavy atom. The quantitative estimate of drug-likeness (QED) is 0.407. The van der Waals surface area contributed by atoms with Crippen molar-refractivity contribution in [3.63, 3.8) is 0 Å². The van der Waals surface area contributed by atoms with E-state index in [1.807, 2.05) is 50.7 Å². The lowest BCUT2D eigenvalue weighted by atomic mass is 9.89. The van der Waals surface area contributed by atoms with Crippen LogP contribution >= 0.6 is 0 Å². The Labute approximate surface area is 233 Å². The average molecular weight is 569 g/mol. The number of aromatic nitrogens is 1. The number of aryl methyl sites for hydroxylation is 1. The van der Waals surface area contributed by atoms with Crippen LogP contribution in [0.4, 0.5) is 9.18 Å². The second kappa shape index (κ2) is 11.7. The molecule has 2 aromatic carbocycles. The van der Waals surface area contributed by atoms with Crippen molar-refractivity contribution in [1.29, 1.82) is 0 Å². The molecular formula is C29H33FN4O5S. The molecule has 1 aromatic heterocycles. The number of hydrazine groups is 1. The Hall–Kier alpha value is -3.83. The largest absolute Gasteiger partial charge is 0.444 e. The standard InChI is InChI=1S/C29H33FN4O5S/c1-19-15-22(17-23(16-19)27(35)32-33-40(37,38)26-8-6-5-7-24(26)30)25-18-21(9-12-31-25)20-10-13-34(14-11-20)28(36)39-29(2,3)4/h5-9,12,15-18,20,33H,10-11,13-14H2,1-4H3,(H,32,35). The van der Waals surface area contributed by atoms with Gasteiger partial charge in [-0.15, -0.1) is 4.83 Å². The number of carbonyl (C=O) groups excluding carboxylic acids is 2. The molecule has 212 valence electrons. The maximum atomic E-state index is 13.9. The van der Waals surface area contributed by atoms with Gasteiger partial charge in [-0.1, -0.05) is 12.1 Å². The maximum absolute atomic E-state index is 13.9. The number of sulfonamides is 1. The highest BCUT2D eigenvalue weighted by atomic mass is 32.2. The van der Waals surface area contributed by atoms with E-state index in [9.17, 15) is 22.4 Å². The van der Waals surface area contributed by atoms with E-state index < -0.39 is 32.2 Å². The van der Waals surface area contributed by atoms with Crippen molar-refractivity contribution in [2.24, 2.45) is 0 Å². The first-order valence-electron chi connectivity index (χ1n) is 12.9. The Balaban J connectivity index is 1.45. The van der Waals surface area contributed by atoms with Crippen LogP contribution in [0.15, 0.2) is 65.7 Å². The van der Waals surface area contributed by atoms with E-state index in [-0.39, 0.29) is 17.6 Å². The second-order valence-corrected chi connectivity index (χ2v) is 12.4. The summed E-state index contributed by atoms with van der Waals surface area (Å²) in [5, 5.41) is 0. The minimum atomic E-state index is -4.30. The van der Waals surface area contributed by atoms with E-state index in [0.29, 0.717) is 24.3 Å². The summed E-state index contributed by atoms with van der Waals surface area (Å²) in [7, 11) is -4.30. The summed E-state index contributed by atoms with van der Waals surface area (Å²) in [5.74, 6) is -1.39. The molecule has 1 aliphatic rings. The lowest BCUT2D eigenvalue weighted by Gasteiger charge is -2.33. The van der Waals surface area contributed by atoms with E-state index in [4.69, 9.17) is 4.74 Å². The van der Waals surface area contributed by atoms with Crippen LogP contribution in [0.25, 0.3) is 11.3 Å². The van der Waals surface area contributed by atoms with Gasteiger partial charge in [-0.2, -0.15) is 0 Å².